The quantitative estimate of drug-likeness (QED) is 0.747. The van der Waals surface area contributed by atoms with Gasteiger partial charge in [-0.15, -0.1) is 0 Å². The highest BCUT2D eigenvalue weighted by Crippen LogP contribution is 2.31. The number of nitrogens with zero attached hydrogens (tertiary/aromatic N) is 1. The van der Waals surface area contributed by atoms with Crippen molar-refractivity contribution in [2.24, 2.45) is 0 Å². The normalized spacial score (nSPS) is 17.2. The minimum Gasteiger partial charge on any atom is -0.497 e. The Morgan fingerprint density at radius 3 is 2.59 bits per heavy atom. The molecule has 0 spiro atoms. The molecule has 2 aromatic carbocycles. The lowest BCUT2D eigenvalue weighted by molar-refractivity contribution is -0.117. The van der Waals surface area contributed by atoms with Crippen LogP contribution in [0, 0.1) is 0 Å². The molecule has 0 aromatic heterocycles. The van der Waals surface area contributed by atoms with Gasteiger partial charge in [0.25, 0.3) is 0 Å². The number of benzene rings is 2. The van der Waals surface area contributed by atoms with Crippen LogP contribution in [0.2, 0.25) is 0 Å². The molecule has 29 heavy (non-hydrogen) atoms. The van der Waals surface area contributed by atoms with E-state index in [4.69, 9.17) is 9.47 Å². The van der Waals surface area contributed by atoms with Crippen molar-refractivity contribution in [3.05, 3.63) is 59.7 Å². The number of rotatable bonds is 6. The van der Waals surface area contributed by atoms with Gasteiger partial charge >= 0.3 is 5.97 Å². The van der Waals surface area contributed by atoms with Gasteiger partial charge < -0.3 is 14.8 Å². The summed E-state index contributed by atoms with van der Waals surface area (Å²) in [7, 11) is 3.00. The molecule has 0 radical (unpaired) electrons. The van der Waals surface area contributed by atoms with Crippen molar-refractivity contribution in [3.63, 3.8) is 0 Å². The van der Waals surface area contributed by atoms with Crippen LogP contribution in [0.4, 0.5) is 5.69 Å². The lowest BCUT2D eigenvalue weighted by atomic mass is 10.0. The summed E-state index contributed by atoms with van der Waals surface area (Å²) in [6.45, 7) is 1.19. The molecule has 1 saturated heterocycles. The van der Waals surface area contributed by atoms with Gasteiger partial charge in [0.1, 0.15) is 5.75 Å². The monoisotopic (exact) mass is 396 g/mol. The summed E-state index contributed by atoms with van der Waals surface area (Å²) in [6.07, 6.45) is 4.43. The molecule has 1 amide bonds. The third-order valence-corrected chi connectivity index (χ3v) is 5.28. The minimum atomic E-state index is -0.423. The summed E-state index contributed by atoms with van der Waals surface area (Å²) in [4.78, 5) is 26.7. The maximum absolute atomic E-state index is 12.7. The van der Waals surface area contributed by atoms with Crippen LogP contribution in [-0.4, -0.2) is 44.1 Å². The zero-order valence-electron chi connectivity index (χ0n) is 17.0. The second kappa shape index (κ2) is 10.1. The molecule has 154 valence electrons. The van der Waals surface area contributed by atoms with E-state index >= 15 is 0 Å². The van der Waals surface area contributed by atoms with E-state index in [0.717, 1.165) is 31.6 Å². The summed E-state index contributed by atoms with van der Waals surface area (Å²) in [5.74, 6) is 0.317. The lowest BCUT2D eigenvalue weighted by Gasteiger charge is -2.29. The van der Waals surface area contributed by atoms with Crippen molar-refractivity contribution in [1.82, 2.24) is 4.90 Å². The largest absolute Gasteiger partial charge is 0.497 e. The Balaban J connectivity index is 1.70. The number of ether oxygens (including phenoxy) is 2. The van der Waals surface area contributed by atoms with Crippen LogP contribution in [-0.2, 0) is 9.53 Å². The van der Waals surface area contributed by atoms with Crippen LogP contribution in [0.5, 0.6) is 5.75 Å². The Bertz CT molecular complexity index is 835. The third kappa shape index (κ3) is 5.57. The SMILES string of the molecule is COC(=O)c1cccc(NC(=O)CN2CCCCCC2c2ccc(OC)cc2)c1. The van der Waals surface area contributed by atoms with E-state index in [1.807, 2.05) is 12.1 Å². The van der Waals surface area contributed by atoms with Gasteiger partial charge in [-0.25, -0.2) is 4.79 Å². The average Bonchev–Trinajstić information content (AvgIpc) is 2.98. The van der Waals surface area contributed by atoms with Crippen molar-refractivity contribution in [3.8, 4) is 5.75 Å². The number of nitrogens with one attached hydrogen (secondary N) is 1. The second-order valence-corrected chi connectivity index (χ2v) is 7.23. The highest BCUT2D eigenvalue weighted by molar-refractivity contribution is 5.95. The molecule has 0 bridgehead atoms. The number of carbonyl (C=O) groups excluding carboxylic acids is 2. The molecule has 2 aromatic rings. The predicted molar refractivity (Wildman–Crippen MR) is 112 cm³/mol. The molecule has 6 nitrogen and oxygen atoms in total. The first-order valence-electron chi connectivity index (χ1n) is 9.97. The van der Waals surface area contributed by atoms with Gasteiger partial charge in [-0.1, -0.05) is 31.0 Å². The summed E-state index contributed by atoms with van der Waals surface area (Å²) in [6, 6.07) is 15.1. The van der Waals surface area contributed by atoms with Crippen molar-refractivity contribution in [2.75, 3.05) is 32.6 Å². The molecular formula is C23H28N2O4. The van der Waals surface area contributed by atoms with Crippen LogP contribution in [0.25, 0.3) is 0 Å². The minimum absolute atomic E-state index is 0.0903. The van der Waals surface area contributed by atoms with E-state index in [9.17, 15) is 9.59 Å². The molecule has 1 atom stereocenters. The molecular weight excluding hydrogens is 368 g/mol. The Morgan fingerprint density at radius 2 is 1.86 bits per heavy atom. The number of hydrogen-bond acceptors (Lipinski definition) is 5. The Labute approximate surface area is 171 Å². The molecule has 0 saturated carbocycles. The fourth-order valence-corrected chi connectivity index (χ4v) is 3.79. The van der Waals surface area contributed by atoms with E-state index in [2.05, 4.69) is 22.3 Å². The Morgan fingerprint density at radius 1 is 1.07 bits per heavy atom. The number of carbonyl (C=O) groups is 2. The first kappa shape index (κ1) is 20.9. The van der Waals surface area contributed by atoms with E-state index in [1.54, 1.807) is 31.4 Å². The molecule has 1 aliphatic rings. The highest BCUT2D eigenvalue weighted by Gasteiger charge is 2.24. The standard InChI is InChI=1S/C23H28N2O4/c1-28-20-12-10-17(11-13-20)21-9-4-3-5-14-25(21)16-22(26)24-19-8-6-7-18(15-19)23(27)29-2/h6-8,10-13,15,21H,3-5,9,14,16H2,1-2H3,(H,24,26). The fraction of sp³-hybridized carbons (Fsp3) is 0.391. The van der Waals surface area contributed by atoms with Crippen molar-refractivity contribution >= 4 is 17.6 Å². The summed E-state index contributed by atoms with van der Waals surface area (Å²) < 4.78 is 10.0. The predicted octanol–water partition coefficient (Wildman–Crippen LogP) is 4.04. The van der Waals surface area contributed by atoms with Crippen molar-refractivity contribution < 1.29 is 19.1 Å². The third-order valence-electron chi connectivity index (χ3n) is 5.28. The molecule has 1 aliphatic heterocycles. The van der Waals surface area contributed by atoms with E-state index in [1.165, 1.54) is 19.1 Å². The summed E-state index contributed by atoms with van der Waals surface area (Å²) in [5.41, 5.74) is 2.21. The molecule has 1 heterocycles. The van der Waals surface area contributed by atoms with Crippen molar-refractivity contribution in [1.29, 1.82) is 0 Å². The summed E-state index contributed by atoms with van der Waals surface area (Å²) >= 11 is 0. The van der Waals surface area contributed by atoms with Crippen LogP contribution in [0.1, 0.15) is 47.6 Å². The second-order valence-electron chi connectivity index (χ2n) is 7.23. The number of esters is 1. The number of likely N-dealkylation sites (tertiary alicyclic amines) is 1. The van der Waals surface area contributed by atoms with Gasteiger partial charge in [-0.2, -0.15) is 0 Å². The smallest absolute Gasteiger partial charge is 0.337 e. The number of amides is 1. The van der Waals surface area contributed by atoms with E-state index < -0.39 is 5.97 Å². The fourth-order valence-electron chi connectivity index (χ4n) is 3.79. The molecule has 3 rings (SSSR count). The Hall–Kier alpha value is -2.86. The zero-order valence-corrected chi connectivity index (χ0v) is 17.0. The zero-order chi connectivity index (χ0) is 20.6. The molecule has 1 fully saturated rings. The van der Waals surface area contributed by atoms with Gasteiger partial charge in [0.2, 0.25) is 5.91 Å². The lowest BCUT2D eigenvalue weighted by Crippen LogP contribution is -2.36. The van der Waals surface area contributed by atoms with Crippen LogP contribution < -0.4 is 10.1 Å². The van der Waals surface area contributed by atoms with Gasteiger partial charge in [0.15, 0.2) is 0 Å². The molecule has 6 heteroatoms. The van der Waals surface area contributed by atoms with Gasteiger partial charge in [-0.3, -0.25) is 9.69 Å². The highest BCUT2D eigenvalue weighted by atomic mass is 16.5. The average molecular weight is 396 g/mol. The van der Waals surface area contributed by atoms with Crippen LogP contribution in [0.3, 0.4) is 0 Å². The number of hydrogen-bond donors (Lipinski definition) is 1. The van der Waals surface area contributed by atoms with E-state index in [-0.39, 0.29) is 11.9 Å². The molecule has 0 aliphatic carbocycles. The van der Waals surface area contributed by atoms with Crippen LogP contribution >= 0.6 is 0 Å². The Kier molecular flexibility index (Phi) is 7.25. The topological polar surface area (TPSA) is 67.9 Å². The number of anilines is 1. The maximum Gasteiger partial charge on any atom is 0.337 e. The van der Waals surface area contributed by atoms with Crippen LogP contribution in [0.15, 0.2) is 48.5 Å². The van der Waals surface area contributed by atoms with Gasteiger partial charge in [0, 0.05) is 11.7 Å². The maximum atomic E-state index is 12.7. The first-order chi connectivity index (χ1) is 14.1. The number of methoxy groups -OCH3 is 2. The van der Waals surface area contributed by atoms with Gasteiger partial charge in [0.05, 0.1) is 26.3 Å². The van der Waals surface area contributed by atoms with E-state index in [0.29, 0.717) is 17.8 Å². The van der Waals surface area contributed by atoms with Gasteiger partial charge in [-0.05, 0) is 55.3 Å². The molecule has 1 unspecified atom stereocenters. The first-order valence-corrected chi connectivity index (χ1v) is 9.97. The van der Waals surface area contributed by atoms with Crippen molar-refractivity contribution in [2.45, 2.75) is 31.7 Å². The molecule has 1 N–H and O–H groups in total. The summed E-state index contributed by atoms with van der Waals surface area (Å²) in [5, 5.41) is 2.91.